The van der Waals surface area contributed by atoms with E-state index in [4.69, 9.17) is 11.1 Å². The van der Waals surface area contributed by atoms with Crippen LogP contribution in [-0.2, 0) is 0 Å². The molecule has 1 aromatic rings. The zero-order valence-electron chi connectivity index (χ0n) is 11.8. The molecule has 1 aliphatic rings. The minimum atomic E-state index is -0.00477. The molecule has 0 aliphatic heterocycles. The molecule has 1 aromatic heterocycles. The van der Waals surface area contributed by atoms with Crippen LogP contribution >= 0.6 is 0 Å². The van der Waals surface area contributed by atoms with Gasteiger partial charge in [0.25, 0.3) is 0 Å². The van der Waals surface area contributed by atoms with Crippen molar-refractivity contribution in [3.8, 4) is 0 Å². The number of hydrogen-bond donors (Lipinski definition) is 2. The van der Waals surface area contributed by atoms with E-state index in [1.807, 2.05) is 0 Å². The SMILES string of the molecule is CC(C)CN(c1nccnc1C(=N)N)C1CCCC1. The van der Waals surface area contributed by atoms with Gasteiger partial charge in [-0.25, -0.2) is 9.97 Å². The van der Waals surface area contributed by atoms with E-state index in [1.54, 1.807) is 12.4 Å². The zero-order chi connectivity index (χ0) is 13.8. The first-order valence-electron chi connectivity index (χ1n) is 7.01. The predicted molar refractivity (Wildman–Crippen MR) is 77.5 cm³/mol. The van der Waals surface area contributed by atoms with Gasteiger partial charge in [-0.2, -0.15) is 0 Å². The third-order valence-electron chi connectivity index (χ3n) is 3.53. The summed E-state index contributed by atoms with van der Waals surface area (Å²) >= 11 is 0. The van der Waals surface area contributed by atoms with Crippen LogP contribution in [0, 0.1) is 11.3 Å². The number of hydrogen-bond acceptors (Lipinski definition) is 4. The molecule has 1 saturated carbocycles. The summed E-state index contributed by atoms with van der Waals surface area (Å²) < 4.78 is 0. The smallest absolute Gasteiger partial charge is 0.158 e. The van der Waals surface area contributed by atoms with Crippen molar-refractivity contribution in [2.75, 3.05) is 11.4 Å². The normalized spacial score (nSPS) is 15.9. The van der Waals surface area contributed by atoms with Gasteiger partial charge >= 0.3 is 0 Å². The highest BCUT2D eigenvalue weighted by Gasteiger charge is 2.27. The Labute approximate surface area is 114 Å². The van der Waals surface area contributed by atoms with Crippen LogP contribution in [-0.4, -0.2) is 28.4 Å². The van der Waals surface area contributed by atoms with Gasteiger partial charge in [0.1, 0.15) is 11.5 Å². The number of amidine groups is 1. The van der Waals surface area contributed by atoms with Crippen LogP contribution in [0.5, 0.6) is 0 Å². The Kier molecular flexibility index (Phi) is 4.35. The van der Waals surface area contributed by atoms with E-state index in [0.29, 0.717) is 17.7 Å². The summed E-state index contributed by atoms with van der Waals surface area (Å²) in [5, 5.41) is 7.67. The topological polar surface area (TPSA) is 78.9 Å². The summed E-state index contributed by atoms with van der Waals surface area (Å²) in [4.78, 5) is 11.0. The van der Waals surface area contributed by atoms with Gasteiger partial charge < -0.3 is 10.6 Å². The average molecular weight is 261 g/mol. The van der Waals surface area contributed by atoms with Gasteiger partial charge in [-0.15, -0.1) is 0 Å². The quantitative estimate of drug-likeness (QED) is 0.629. The number of aromatic nitrogens is 2. The molecule has 5 nitrogen and oxygen atoms in total. The van der Waals surface area contributed by atoms with Gasteiger partial charge in [-0.05, 0) is 18.8 Å². The van der Waals surface area contributed by atoms with Gasteiger partial charge in [-0.1, -0.05) is 26.7 Å². The maximum Gasteiger partial charge on any atom is 0.158 e. The Balaban J connectivity index is 2.34. The first-order valence-corrected chi connectivity index (χ1v) is 7.01. The van der Waals surface area contributed by atoms with Crippen LogP contribution in [0.4, 0.5) is 5.82 Å². The van der Waals surface area contributed by atoms with E-state index in [1.165, 1.54) is 25.7 Å². The van der Waals surface area contributed by atoms with E-state index in [-0.39, 0.29) is 5.84 Å². The van der Waals surface area contributed by atoms with Gasteiger partial charge in [-0.3, -0.25) is 5.41 Å². The lowest BCUT2D eigenvalue weighted by Crippen LogP contribution is -2.38. The van der Waals surface area contributed by atoms with Gasteiger partial charge in [0.15, 0.2) is 5.82 Å². The Morgan fingerprint density at radius 1 is 1.37 bits per heavy atom. The lowest BCUT2D eigenvalue weighted by molar-refractivity contribution is 0.530. The van der Waals surface area contributed by atoms with Crippen molar-refractivity contribution < 1.29 is 0 Å². The fourth-order valence-electron chi connectivity index (χ4n) is 2.75. The number of anilines is 1. The second-order valence-corrected chi connectivity index (χ2v) is 5.63. The Bertz CT molecular complexity index is 437. The van der Waals surface area contributed by atoms with Gasteiger partial charge in [0.2, 0.25) is 0 Å². The highest BCUT2D eigenvalue weighted by molar-refractivity contribution is 5.97. The van der Waals surface area contributed by atoms with Crippen molar-refractivity contribution >= 4 is 11.7 Å². The molecule has 1 fully saturated rings. The predicted octanol–water partition coefficient (Wildman–Crippen LogP) is 2.17. The van der Waals surface area contributed by atoms with E-state index >= 15 is 0 Å². The maximum absolute atomic E-state index is 7.67. The Morgan fingerprint density at radius 2 is 2.00 bits per heavy atom. The molecule has 2 rings (SSSR count). The summed E-state index contributed by atoms with van der Waals surface area (Å²) in [6, 6.07) is 0.511. The van der Waals surface area contributed by atoms with Crippen LogP contribution in [0.3, 0.4) is 0 Å². The molecule has 0 amide bonds. The fraction of sp³-hybridized carbons (Fsp3) is 0.643. The van der Waals surface area contributed by atoms with Crippen LogP contribution < -0.4 is 10.6 Å². The molecule has 1 aliphatic carbocycles. The number of nitrogens with one attached hydrogen (secondary N) is 1. The summed E-state index contributed by atoms with van der Waals surface area (Å²) in [7, 11) is 0. The van der Waals surface area contributed by atoms with Crippen LogP contribution in [0.15, 0.2) is 12.4 Å². The number of rotatable bonds is 5. The molecular weight excluding hydrogens is 238 g/mol. The minimum absolute atomic E-state index is 0.00477. The zero-order valence-corrected chi connectivity index (χ0v) is 11.8. The first-order chi connectivity index (χ1) is 9.09. The summed E-state index contributed by atoms with van der Waals surface area (Å²) in [5.74, 6) is 1.31. The molecule has 0 atom stereocenters. The van der Waals surface area contributed by atoms with Gasteiger partial charge in [0.05, 0.1) is 0 Å². The summed E-state index contributed by atoms with van der Waals surface area (Å²) in [5.41, 5.74) is 6.15. The van der Waals surface area contributed by atoms with Crippen LogP contribution in [0.2, 0.25) is 0 Å². The molecule has 1 heterocycles. The number of nitrogens with zero attached hydrogens (tertiary/aromatic N) is 3. The molecule has 0 bridgehead atoms. The van der Waals surface area contributed by atoms with Crippen molar-refractivity contribution in [3.63, 3.8) is 0 Å². The van der Waals surface area contributed by atoms with Gasteiger partial charge in [0, 0.05) is 25.0 Å². The highest BCUT2D eigenvalue weighted by Crippen LogP contribution is 2.29. The monoisotopic (exact) mass is 261 g/mol. The Morgan fingerprint density at radius 3 is 2.58 bits per heavy atom. The Hall–Kier alpha value is -1.65. The van der Waals surface area contributed by atoms with Crippen molar-refractivity contribution in [2.45, 2.75) is 45.6 Å². The molecule has 0 saturated heterocycles. The maximum atomic E-state index is 7.67. The first kappa shape index (κ1) is 13.8. The molecule has 0 spiro atoms. The molecule has 0 aromatic carbocycles. The summed E-state index contributed by atoms with van der Waals surface area (Å²) in [6.07, 6.45) is 8.22. The lowest BCUT2D eigenvalue weighted by Gasteiger charge is -2.32. The third kappa shape index (κ3) is 3.22. The van der Waals surface area contributed by atoms with Crippen molar-refractivity contribution in [1.82, 2.24) is 9.97 Å². The number of nitrogens with two attached hydrogens (primary N) is 1. The van der Waals surface area contributed by atoms with Crippen molar-refractivity contribution in [1.29, 1.82) is 5.41 Å². The largest absolute Gasteiger partial charge is 0.382 e. The lowest BCUT2D eigenvalue weighted by atomic mass is 10.1. The second kappa shape index (κ2) is 5.99. The molecule has 0 unspecified atom stereocenters. The molecule has 104 valence electrons. The van der Waals surface area contributed by atoms with E-state index in [0.717, 1.165) is 12.4 Å². The third-order valence-corrected chi connectivity index (χ3v) is 3.53. The van der Waals surface area contributed by atoms with Crippen molar-refractivity contribution in [2.24, 2.45) is 11.7 Å². The molecule has 19 heavy (non-hydrogen) atoms. The molecule has 3 N–H and O–H groups in total. The average Bonchev–Trinajstić information content (AvgIpc) is 2.89. The minimum Gasteiger partial charge on any atom is -0.382 e. The highest BCUT2D eigenvalue weighted by atomic mass is 15.2. The summed E-state index contributed by atoms with van der Waals surface area (Å²) in [6.45, 7) is 5.33. The fourth-order valence-corrected chi connectivity index (χ4v) is 2.75. The van der Waals surface area contributed by atoms with E-state index in [9.17, 15) is 0 Å². The van der Waals surface area contributed by atoms with Crippen LogP contribution in [0.1, 0.15) is 45.2 Å². The van der Waals surface area contributed by atoms with E-state index < -0.39 is 0 Å². The molecule has 5 heteroatoms. The molecular formula is C14H23N5. The van der Waals surface area contributed by atoms with E-state index in [2.05, 4.69) is 28.7 Å². The second-order valence-electron chi connectivity index (χ2n) is 5.63. The standard InChI is InChI=1S/C14H23N5/c1-10(2)9-19(11-5-3-4-6-11)14-12(13(15)16)17-7-8-18-14/h7-8,10-11H,3-6,9H2,1-2H3,(H3,15,16). The number of nitrogen functional groups attached to an aromatic ring is 1. The van der Waals surface area contributed by atoms with Crippen LogP contribution in [0.25, 0.3) is 0 Å². The molecule has 0 radical (unpaired) electrons. The van der Waals surface area contributed by atoms with Crippen molar-refractivity contribution in [3.05, 3.63) is 18.1 Å².